The molecule has 0 aromatic heterocycles. The van der Waals surface area contributed by atoms with Crippen LogP contribution >= 0.6 is 12.4 Å². The lowest BCUT2D eigenvalue weighted by Gasteiger charge is -2.29. The molecule has 1 aliphatic rings. The molecule has 1 heterocycles. The lowest BCUT2D eigenvalue weighted by atomic mass is 10.00. The van der Waals surface area contributed by atoms with E-state index in [1.54, 1.807) is 12.0 Å². The van der Waals surface area contributed by atoms with Crippen molar-refractivity contribution in [2.45, 2.75) is 64.1 Å². The van der Waals surface area contributed by atoms with Crippen molar-refractivity contribution >= 4 is 40.9 Å². The van der Waals surface area contributed by atoms with Crippen molar-refractivity contribution in [3.05, 3.63) is 48.0 Å². The van der Waals surface area contributed by atoms with Crippen LogP contribution in [0.3, 0.4) is 0 Å². The molecule has 3 amide bonds. The van der Waals surface area contributed by atoms with Crippen LogP contribution in [0.2, 0.25) is 0 Å². The minimum absolute atomic E-state index is 0. The third-order valence-corrected chi connectivity index (χ3v) is 7.16. The molecule has 0 spiro atoms. The highest BCUT2D eigenvalue weighted by Gasteiger charge is 2.37. The molecule has 2 unspecified atom stereocenters. The first-order valence-electron chi connectivity index (χ1n) is 13.0. The number of amides is 3. The summed E-state index contributed by atoms with van der Waals surface area (Å²) in [6, 6.07) is 12.7. The number of carbonyl (C=O) groups excluding carboxylic acids is 3. The Hall–Kier alpha value is -2.68. The van der Waals surface area contributed by atoms with Crippen molar-refractivity contribution in [2.75, 3.05) is 26.7 Å². The van der Waals surface area contributed by atoms with E-state index in [9.17, 15) is 14.4 Å². The maximum absolute atomic E-state index is 13.4. The molecule has 2 aromatic carbocycles. The van der Waals surface area contributed by atoms with Crippen LogP contribution < -0.4 is 16.4 Å². The largest absolute Gasteiger partial charge is 0.378 e. The van der Waals surface area contributed by atoms with Gasteiger partial charge in [0.1, 0.15) is 12.1 Å². The summed E-state index contributed by atoms with van der Waals surface area (Å²) < 4.78 is 5.27. The number of ether oxygens (including phenoxy) is 1. The zero-order chi connectivity index (χ0) is 26.1. The van der Waals surface area contributed by atoms with Gasteiger partial charge in [0.25, 0.3) is 0 Å². The second kappa shape index (κ2) is 14.9. The van der Waals surface area contributed by atoms with Gasteiger partial charge in [-0.1, -0.05) is 56.3 Å². The second-order valence-corrected chi connectivity index (χ2v) is 9.49. The smallest absolute Gasteiger partial charge is 0.243 e. The number of hydrogen-bond donors (Lipinski definition) is 3. The Labute approximate surface area is 226 Å². The van der Waals surface area contributed by atoms with Crippen LogP contribution in [0.5, 0.6) is 0 Å². The van der Waals surface area contributed by atoms with Crippen LogP contribution in [0.15, 0.2) is 42.5 Å². The van der Waals surface area contributed by atoms with Gasteiger partial charge >= 0.3 is 0 Å². The highest BCUT2D eigenvalue weighted by atomic mass is 35.5. The number of nitrogens with one attached hydrogen (secondary N) is 2. The topological polar surface area (TPSA) is 114 Å². The fraction of sp³-hybridized carbons (Fsp3) is 0.536. The van der Waals surface area contributed by atoms with Crippen molar-refractivity contribution < 1.29 is 19.1 Å². The molecule has 3 rings (SSSR count). The molecule has 9 heteroatoms. The summed E-state index contributed by atoms with van der Waals surface area (Å²) in [5.74, 6) is -0.644. The molecular weight excluding hydrogens is 492 g/mol. The second-order valence-electron chi connectivity index (χ2n) is 9.49. The van der Waals surface area contributed by atoms with E-state index < -0.39 is 12.1 Å². The molecule has 2 aromatic rings. The van der Waals surface area contributed by atoms with Crippen LogP contribution in [-0.2, 0) is 25.5 Å². The van der Waals surface area contributed by atoms with Gasteiger partial charge in [0, 0.05) is 39.1 Å². The third kappa shape index (κ3) is 7.90. The van der Waals surface area contributed by atoms with Crippen LogP contribution in [-0.4, -0.2) is 67.6 Å². The van der Waals surface area contributed by atoms with Crippen LogP contribution in [0.25, 0.3) is 10.8 Å². The molecular formula is C28H41ClN4O4. The van der Waals surface area contributed by atoms with E-state index in [0.717, 1.165) is 35.6 Å². The van der Waals surface area contributed by atoms with E-state index in [0.29, 0.717) is 19.4 Å². The summed E-state index contributed by atoms with van der Waals surface area (Å²) in [5.41, 5.74) is 6.63. The summed E-state index contributed by atoms with van der Waals surface area (Å²) in [4.78, 5) is 41.4. The van der Waals surface area contributed by atoms with Crippen LogP contribution in [0, 0.1) is 5.92 Å². The predicted octanol–water partition coefficient (Wildman–Crippen LogP) is 2.81. The van der Waals surface area contributed by atoms with Crippen LogP contribution in [0.1, 0.15) is 45.1 Å². The molecule has 8 nitrogen and oxygen atoms in total. The number of hydrogen-bond acceptors (Lipinski definition) is 5. The predicted molar refractivity (Wildman–Crippen MR) is 148 cm³/mol. The average Bonchev–Trinajstić information content (AvgIpc) is 3.39. The maximum Gasteiger partial charge on any atom is 0.243 e. The van der Waals surface area contributed by atoms with Crippen molar-refractivity contribution in [3.63, 3.8) is 0 Å². The summed E-state index contributed by atoms with van der Waals surface area (Å²) in [5, 5.41) is 8.01. The van der Waals surface area contributed by atoms with Crippen molar-refractivity contribution in [1.29, 1.82) is 0 Å². The third-order valence-electron chi connectivity index (χ3n) is 7.16. The molecule has 0 saturated carbocycles. The van der Waals surface area contributed by atoms with Gasteiger partial charge < -0.3 is 26.0 Å². The quantitative estimate of drug-likeness (QED) is 0.389. The Bertz CT molecular complexity index is 1040. The summed E-state index contributed by atoms with van der Waals surface area (Å²) >= 11 is 0. The van der Waals surface area contributed by atoms with E-state index in [2.05, 4.69) is 10.6 Å². The number of carbonyl (C=O) groups is 3. The number of benzene rings is 2. The molecule has 204 valence electrons. The van der Waals surface area contributed by atoms with Crippen LogP contribution in [0.4, 0.5) is 0 Å². The minimum atomic E-state index is -0.792. The lowest BCUT2D eigenvalue weighted by Crippen LogP contribution is -2.55. The fourth-order valence-electron chi connectivity index (χ4n) is 4.85. The molecule has 4 N–H and O–H groups in total. The summed E-state index contributed by atoms with van der Waals surface area (Å²) in [6.07, 6.45) is 2.88. The Morgan fingerprint density at radius 2 is 1.81 bits per heavy atom. The molecule has 1 saturated heterocycles. The molecule has 0 radical (unpaired) electrons. The number of nitrogens with two attached hydrogens (primary N) is 1. The van der Waals surface area contributed by atoms with Gasteiger partial charge in [0.2, 0.25) is 17.7 Å². The number of nitrogens with zero attached hydrogens (tertiary/aromatic N) is 1. The zero-order valence-corrected chi connectivity index (χ0v) is 22.9. The van der Waals surface area contributed by atoms with Gasteiger partial charge in [0.15, 0.2) is 0 Å². The average molecular weight is 533 g/mol. The normalized spacial score (nSPS) is 16.8. The standard InChI is InChI=1S/C28H40N4O4.ClH/c1-4-20(5-2)28(35)32-14-8-11-25(32)27(34)31-24(26(33)30-18-23(17-29)36-3)16-19-12-13-21-9-6-7-10-22(21)15-19;/h6-7,9-10,12-13,15,20,23-25H,4-5,8,11,14,16-18,29H2,1-3H3,(H,30,33)(H,31,34);1H/t23?,24-,25?;/m1./s1. The summed E-state index contributed by atoms with van der Waals surface area (Å²) in [7, 11) is 1.55. The molecule has 0 aliphatic carbocycles. The zero-order valence-electron chi connectivity index (χ0n) is 22.1. The monoisotopic (exact) mass is 532 g/mol. The van der Waals surface area contributed by atoms with E-state index in [-0.39, 0.29) is 55.2 Å². The number of halogens is 1. The number of methoxy groups -OCH3 is 1. The SMILES string of the molecule is CCC(CC)C(=O)N1CCCC1C(=O)N[C@H](Cc1ccc2ccccc2c1)C(=O)NCC(CN)OC.Cl. The Morgan fingerprint density at radius 1 is 1.11 bits per heavy atom. The van der Waals surface area contributed by atoms with Gasteiger partial charge in [-0.05, 0) is 42.0 Å². The van der Waals surface area contributed by atoms with E-state index >= 15 is 0 Å². The van der Waals surface area contributed by atoms with E-state index in [1.165, 1.54) is 0 Å². The Balaban J connectivity index is 0.00000481. The Morgan fingerprint density at radius 3 is 2.46 bits per heavy atom. The van der Waals surface area contributed by atoms with Gasteiger partial charge in [-0.25, -0.2) is 0 Å². The highest BCUT2D eigenvalue weighted by molar-refractivity contribution is 5.93. The fourth-order valence-corrected chi connectivity index (χ4v) is 4.85. The van der Waals surface area contributed by atoms with Gasteiger partial charge in [-0.3, -0.25) is 14.4 Å². The first-order valence-corrected chi connectivity index (χ1v) is 13.0. The first kappa shape index (κ1) is 30.5. The van der Waals surface area contributed by atoms with Gasteiger partial charge in [-0.2, -0.15) is 0 Å². The van der Waals surface area contributed by atoms with E-state index in [1.807, 2.05) is 56.3 Å². The minimum Gasteiger partial charge on any atom is -0.378 e. The summed E-state index contributed by atoms with van der Waals surface area (Å²) in [6.45, 7) is 5.08. The molecule has 1 fully saturated rings. The maximum atomic E-state index is 13.4. The number of rotatable bonds is 12. The molecule has 3 atom stereocenters. The number of fused-ring (bicyclic) bond motifs is 1. The van der Waals surface area contributed by atoms with Gasteiger partial charge in [-0.15, -0.1) is 12.4 Å². The van der Waals surface area contributed by atoms with Crippen molar-refractivity contribution in [2.24, 2.45) is 11.7 Å². The first-order chi connectivity index (χ1) is 17.4. The Kier molecular flexibility index (Phi) is 12.3. The van der Waals surface area contributed by atoms with Crippen molar-refractivity contribution in [1.82, 2.24) is 15.5 Å². The highest BCUT2D eigenvalue weighted by Crippen LogP contribution is 2.23. The number of likely N-dealkylation sites (tertiary alicyclic amines) is 1. The van der Waals surface area contributed by atoms with Crippen molar-refractivity contribution in [3.8, 4) is 0 Å². The molecule has 0 bridgehead atoms. The lowest BCUT2D eigenvalue weighted by molar-refractivity contribution is -0.142. The molecule has 1 aliphatic heterocycles. The van der Waals surface area contributed by atoms with Gasteiger partial charge in [0.05, 0.1) is 6.10 Å². The molecule has 37 heavy (non-hydrogen) atoms. The van der Waals surface area contributed by atoms with E-state index in [4.69, 9.17) is 10.5 Å².